The summed E-state index contributed by atoms with van der Waals surface area (Å²) in [5.74, 6) is 0.0531. The summed E-state index contributed by atoms with van der Waals surface area (Å²) in [7, 11) is -3.96. The van der Waals surface area contributed by atoms with E-state index >= 15 is 0 Å². The van der Waals surface area contributed by atoms with Crippen molar-refractivity contribution in [3.63, 3.8) is 0 Å². The highest BCUT2D eigenvalue weighted by Crippen LogP contribution is 2.61. The molecule has 2 fully saturated rings. The molecule has 2 aliphatic rings. The summed E-state index contributed by atoms with van der Waals surface area (Å²) in [5.41, 5.74) is 4.71. The molecule has 1 aromatic heterocycles. The number of fused-ring (bicyclic) bond motifs is 1. The molecule has 2 aliphatic heterocycles. The second-order valence-corrected chi connectivity index (χ2v) is 7.22. The number of hydrogen-bond donors (Lipinski definition) is 3. The summed E-state index contributed by atoms with van der Waals surface area (Å²) < 4.78 is 25.1. The van der Waals surface area contributed by atoms with E-state index in [9.17, 15) is 19.0 Å². The molecule has 0 aromatic carbocycles. The number of nitrogens with two attached hydrogens (primary N) is 1. The van der Waals surface area contributed by atoms with Crippen LogP contribution in [0.5, 0.6) is 0 Å². The van der Waals surface area contributed by atoms with Crippen molar-refractivity contribution in [3.05, 3.63) is 22.7 Å². The van der Waals surface area contributed by atoms with Gasteiger partial charge in [-0.1, -0.05) is 0 Å². The molecule has 0 spiro atoms. The first kappa shape index (κ1) is 14.2. The third kappa shape index (κ3) is 2.43. The molecule has 0 saturated carbocycles. The van der Waals surface area contributed by atoms with Crippen molar-refractivity contribution < 1.29 is 23.2 Å². The second-order valence-electron chi connectivity index (χ2n) is 4.41. The van der Waals surface area contributed by atoms with Crippen LogP contribution in [0.4, 0.5) is 10.2 Å². The zero-order chi connectivity index (χ0) is 14.5. The van der Waals surface area contributed by atoms with E-state index in [-0.39, 0.29) is 12.4 Å². The van der Waals surface area contributed by atoms with Gasteiger partial charge in [-0.15, -0.1) is 16.3 Å². The number of halogens is 1. The number of hydrogen-bond acceptors (Lipinski definition) is 8. The van der Waals surface area contributed by atoms with Gasteiger partial charge in [0.25, 0.3) is 0 Å². The molecule has 11 heteroatoms. The van der Waals surface area contributed by atoms with Gasteiger partial charge in [-0.25, -0.2) is 9.18 Å². The van der Waals surface area contributed by atoms with E-state index < -0.39 is 36.8 Å². The minimum absolute atomic E-state index is 0.0514. The highest BCUT2D eigenvalue weighted by molar-refractivity contribution is 8.00. The first-order chi connectivity index (χ1) is 9.37. The Morgan fingerprint density at radius 1 is 1.60 bits per heavy atom. The van der Waals surface area contributed by atoms with Crippen molar-refractivity contribution in [2.24, 2.45) is 0 Å². The van der Waals surface area contributed by atoms with Crippen molar-refractivity contribution in [2.45, 2.75) is 22.9 Å². The van der Waals surface area contributed by atoms with Gasteiger partial charge in [-0.3, -0.25) is 4.57 Å². The summed E-state index contributed by atoms with van der Waals surface area (Å²) in [5, 5.41) is -1.29. The highest BCUT2D eigenvalue weighted by atomic mass is 32.2. The van der Waals surface area contributed by atoms with Crippen LogP contribution >= 0.6 is 19.9 Å². The molecule has 4 N–H and O–H groups in total. The number of alkyl halides is 1. The maximum Gasteiger partial charge on any atom is 0.570 e. The standard InChI is InChI=1S/C9H11FN3O5PS/c10-6-7-4(3-17-19(15,16)18-7)20-8(6)13-2-1-5(11)12-9(13)14/h1-2,4,6-8,15-16H,3H2,(H-,11,12,14)/p+1/t4-,6+,7-,8-/m1/s1. The summed E-state index contributed by atoms with van der Waals surface area (Å²) in [4.78, 5) is 33.9. The topological polar surface area (TPSA) is 120 Å². The predicted molar refractivity (Wildman–Crippen MR) is 70.4 cm³/mol. The normalized spacial score (nSPS) is 35.8. The molecule has 8 nitrogen and oxygen atoms in total. The molecule has 20 heavy (non-hydrogen) atoms. The van der Waals surface area contributed by atoms with Crippen LogP contribution in [0, 0.1) is 0 Å². The Bertz CT molecular complexity index is 587. The molecule has 3 heterocycles. The second kappa shape index (κ2) is 4.90. The fourth-order valence-corrected chi connectivity index (χ4v) is 4.80. The van der Waals surface area contributed by atoms with E-state index in [1.165, 1.54) is 12.3 Å². The van der Waals surface area contributed by atoms with E-state index in [4.69, 9.17) is 14.8 Å². The van der Waals surface area contributed by atoms with Gasteiger partial charge in [0.05, 0.1) is 5.25 Å². The Balaban J connectivity index is 1.88. The summed E-state index contributed by atoms with van der Waals surface area (Å²) in [6, 6.07) is 1.39. The van der Waals surface area contributed by atoms with Crippen molar-refractivity contribution in [3.8, 4) is 0 Å². The van der Waals surface area contributed by atoms with Crippen LogP contribution in [-0.4, -0.2) is 43.5 Å². The van der Waals surface area contributed by atoms with E-state index in [1.54, 1.807) is 0 Å². The molecular weight excluding hydrogens is 312 g/mol. The number of nitrogens with zero attached hydrogens (tertiary/aromatic N) is 2. The molecule has 3 rings (SSSR count). The monoisotopic (exact) mass is 324 g/mol. The predicted octanol–water partition coefficient (Wildman–Crippen LogP) is -0.145. The van der Waals surface area contributed by atoms with Gasteiger partial charge in [0.15, 0.2) is 12.3 Å². The van der Waals surface area contributed by atoms with Gasteiger partial charge in [0.2, 0.25) is 0 Å². The molecule has 0 radical (unpaired) electrons. The summed E-state index contributed by atoms with van der Waals surface area (Å²) in [6.45, 7) is -0.0514. The van der Waals surface area contributed by atoms with E-state index in [2.05, 4.69) is 4.98 Å². The SMILES string of the molecule is Nc1ccn([C@@H]2S[C@@H]3CO[P+](O)(O)O[C@H]3[C@@H]2F)c(=O)n1. The minimum atomic E-state index is -3.96. The van der Waals surface area contributed by atoms with Crippen molar-refractivity contribution in [1.82, 2.24) is 9.55 Å². The maximum atomic E-state index is 14.4. The molecule has 110 valence electrons. The average Bonchev–Trinajstić information content (AvgIpc) is 2.66. The van der Waals surface area contributed by atoms with E-state index in [0.29, 0.717) is 0 Å². The number of aromatic nitrogens is 2. The number of anilines is 1. The molecule has 2 saturated heterocycles. The lowest BCUT2D eigenvalue weighted by Crippen LogP contribution is -2.38. The fraction of sp³-hybridized carbons (Fsp3) is 0.556. The average molecular weight is 324 g/mol. The van der Waals surface area contributed by atoms with Crippen LogP contribution in [-0.2, 0) is 9.05 Å². The molecule has 1 aromatic rings. The zero-order valence-electron chi connectivity index (χ0n) is 10.00. The first-order valence-electron chi connectivity index (χ1n) is 5.69. The van der Waals surface area contributed by atoms with Gasteiger partial charge >= 0.3 is 13.9 Å². The smallest absolute Gasteiger partial charge is 0.383 e. The summed E-state index contributed by atoms with van der Waals surface area (Å²) in [6.07, 6.45) is -1.27. The molecular formula is C9H12FN3O5PS+. The van der Waals surface area contributed by atoms with Gasteiger partial charge < -0.3 is 5.73 Å². The number of rotatable bonds is 1. The maximum absolute atomic E-state index is 14.4. The highest BCUT2D eigenvalue weighted by Gasteiger charge is 2.59. The Morgan fingerprint density at radius 3 is 3.05 bits per heavy atom. The van der Waals surface area contributed by atoms with Crippen LogP contribution < -0.4 is 11.4 Å². The largest absolute Gasteiger partial charge is 0.570 e. The molecule has 4 atom stereocenters. The van der Waals surface area contributed by atoms with Crippen molar-refractivity contribution >= 4 is 25.7 Å². The third-order valence-corrected chi connectivity index (χ3v) is 5.58. The Labute approximate surface area is 117 Å². The first-order valence-corrected chi connectivity index (χ1v) is 8.16. The fourth-order valence-electron chi connectivity index (χ4n) is 2.16. The van der Waals surface area contributed by atoms with E-state index in [0.717, 1.165) is 16.3 Å². The molecule has 0 bridgehead atoms. The lowest BCUT2D eigenvalue weighted by molar-refractivity contribution is -0.00528. The number of nitrogen functional groups attached to an aromatic ring is 1. The molecule has 0 unspecified atom stereocenters. The zero-order valence-corrected chi connectivity index (χ0v) is 11.7. The summed E-state index contributed by atoms with van der Waals surface area (Å²) >= 11 is 1.13. The Morgan fingerprint density at radius 2 is 2.35 bits per heavy atom. The molecule has 0 aliphatic carbocycles. The Kier molecular flexibility index (Phi) is 3.47. The van der Waals surface area contributed by atoms with Crippen molar-refractivity contribution in [1.29, 1.82) is 0 Å². The lowest BCUT2D eigenvalue weighted by atomic mass is 10.1. The van der Waals surface area contributed by atoms with Gasteiger partial charge in [0.1, 0.15) is 17.8 Å². The third-order valence-electron chi connectivity index (χ3n) is 3.06. The van der Waals surface area contributed by atoms with Gasteiger partial charge in [-0.2, -0.15) is 19.3 Å². The van der Waals surface area contributed by atoms with Gasteiger partial charge in [0, 0.05) is 6.20 Å². The number of thioether (sulfide) groups is 1. The van der Waals surface area contributed by atoms with Gasteiger partial charge in [-0.05, 0) is 6.07 Å². The van der Waals surface area contributed by atoms with Crippen molar-refractivity contribution in [2.75, 3.05) is 12.3 Å². The van der Waals surface area contributed by atoms with Crippen LogP contribution in [0.3, 0.4) is 0 Å². The minimum Gasteiger partial charge on any atom is -0.383 e. The van der Waals surface area contributed by atoms with Crippen LogP contribution in [0.1, 0.15) is 5.37 Å². The quantitative estimate of drug-likeness (QED) is 0.610. The van der Waals surface area contributed by atoms with Crippen LogP contribution in [0.15, 0.2) is 17.1 Å². The lowest BCUT2D eigenvalue weighted by Gasteiger charge is -2.24. The van der Waals surface area contributed by atoms with Crippen LogP contribution in [0.25, 0.3) is 0 Å². The van der Waals surface area contributed by atoms with E-state index in [1.807, 2.05) is 0 Å². The van der Waals surface area contributed by atoms with Crippen LogP contribution in [0.2, 0.25) is 0 Å². The molecule has 0 amide bonds. The Hall–Kier alpha value is -0.770.